The van der Waals surface area contributed by atoms with E-state index >= 15 is 0 Å². The Morgan fingerprint density at radius 3 is 2.75 bits per heavy atom. The first kappa shape index (κ1) is 13.0. The van der Waals surface area contributed by atoms with Gasteiger partial charge in [-0.1, -0.05) is 29.8 Å². The van der Waals surface area contributed by atoms with Crippen molar-refractivity contribution < 1.29 is 0 Å². The third-order valence-corrected chi connectivity index (χ3v) is 3.65. The van der Waals surface area contributed by atoms with Gasteiger partial charge in [-0.3, -0.25) is 0 Å². The lowest BCUT2D eigenvalue weighted by Gasteiger charge is -2.07. The third-order valence-electron chi connectivity index (χ3n) is 3.13. The normalized spacial score (nSPS) is 10.7. The van der Waals surface area contributed by atoms with Crippen LogP contribution in [0.15, 0.2) is 42.5 Å². The van der Waals surface area contributed by atoms with Gasteiger partial charge in [-0.15, -0.1) is 0 Å². The number of rotatable bonds is 2. The lowest BCUT2D eigenvalue weighted by atomic mass is 10.1. The number of nitrogens with zero attached hydrogens (tertiary/aromatic N) is 3. The van der Waals surface area contributed by atoms with Crippen molar-refractivity contribution in [2.24, 2.45) is 0 Å². The fourth-order valence-corrected chi connectivity index (χ4v) is 2.56. The van der Waals surface area contributed by atoms with Crippen molar-refractivity contribution in [2.45, 2.75) is 6.54 Å². The highest BCUT2D eigenvalue weighted by Crippen LogP contribution is 2.24. The van der Waals surface area contributed by atoms with E-state index in [0.29, 0.717) is 22.4 Å². The largest absolute Gasteiger partial charge is 0.310 e. The number of benzene rings is 2. The highest BCUT2D eigenvalue weighted by molar-refractivity contribution is 6.31. The van der Waals surface area contributed by atoms with Gasteiger partial charge in [0.2, 0.25) is 5.28 Å². The van der Waals surface area contributed by atoms with E-state index in [4.69, 9.17) is 28.5 Å². The van der Waals surface area contributed by atoms with Gasteiger partial charge in [0.25, 0.3) is 0 Å². The van der Waals surface area contributed by atoms with E-state index in [2.05, 4.69) is 11.1 Å². The molecule has 0 atom stereocenters. The molecule has 0 fully saturated rings. The van der Waals surface area contributed by atoms with Crippen LogP contribution in [0, 0.1) is 11.3 Å². The van der Waals surface area contributed by atoms with Crippen molar-refractivity contribution in [3.05, 3.63) is 63.9 Å². The third kappa shape index (κ3) is 2.24. The van der Waals surface area contributed by atoms with Crippen molar-refractivity contribution >= 4 is 34.2 Å². The highest BCUT2D eigenvalue weighted by atomic mass is 35.5. The van der Waals surface area contributed by atoms with Crippen LogP contribution in [0.3, 0.4) is 0 Å². The van der Waals surface area contributed by atoms with Gasteiger partial charge in [0.05, 0.1) is 29.2 Å². The Bertz CT molecular complexity index is 831. The molecule has 0 saturated carbocycles. The predicted molar refractivity (Wildman–Crippen MR) is 80.0 cm³/mol. The number of hydrogen-bond acceptors (Lipinski definition) is 2. The maximum atomic E-state index is 9.14. The first-order valence-electron chi connectivity index (χ1n) is 5.98. The van der Waals surface area contributed by atoms with E-state index in [1.807, 2.05) is 34.9 Å². The van der Waals surface area contributed by atoms with Crippen LogP contribution in [0.5, 0.6) is 0 Å². The summed E-state index contributed by atoms with van der Waals surface area (Å²) in [6.07, 6.45) is 0. The number of imidazole rings is 1. The van der Waals surface area contributed by atoms with Crippen LogP contribution in [-0.4, -0.2) is 9.55 Å². The fraction of sp³-hybridized carbons (Fsp3) is 0.0667. The Hall–Kier alpha value is -2.02. The first-order chi connectivity index (χ1) is 9.69. The summed E-state index contributed by atoms with van der Waals surface area (Å²) >= 11 is 12.2. The maximum absolute atomic E-state index is 9.14. The molecule has 0 saturated heterocycles. The molecule has 0 aliphatic heterocycles. The topological polar surface area (TPSA) is 41.6 Å². The van der Waals surface area contributed by atoms with Crippen LogP contribution >= 0.6 is 23.2 Å². The average molecular weight is 302 g/mol. The molecule has 0 unspecified atom stereocenters. The lowest BCUT2D eigenvalue weighted by Crippen LogP contribution is -2.01. The molecule has 1 aromatic heterocycles. The van der Waals surface area contributed by atoms with Gasteiger partial charge < -0.3 is 4.57 Å². The van der Waals surface area contributed by atoms with Crippen LogP contribution < -0.4 is 0 Å². The predicted octanol–water partition coefficient (Wildman–Crippen LogP) is 4.26. The molecule has 5 heteroatoms. The second-order valence-corrected chi connectivity index (χ2v) is 5.14. The SMILES string of the molecule is N#Cc1ccccc1Cn1c(Cl)nc2ccc(Cl)cc21. The molecular formula is C15H9Cl2N3. The van der Waals surface area contributed by atoms with E-state index in [1.165, 1.54) is 0 Å². The van der Waals surface area contributed by atoms with Gasteiger partial charge in [0.1, 0.15) is 0 Å². The van der Waals surface area contributed by atoms with E-state index < -0.39 is 0 Å². The summed E-state index contributed by atoms with van der Waals surface area (Å²) in [4.78, 5) is 4.29. The fourth-order valence-electron chi connectivity index (χ4n) is 2.15. The molecule has 20 heavy (non-hydrogen) atoms. The molecule has 2 aromatic carbocycles. The Balaban J connectivity index is 2.13. The average Bonchev–Trinajstić information content (AvgIpc) is 2.76. The molecule has 3 aromatic rings. The van der Waals surface area contributed by atoms with Crippen LogP contribution in [0.2, 0.25) is 10.3 Å². The van der Waals surface area contributed by atoms with E-state index in [0.717, 1.165) is 16.6 Å². The van der Waals surface area contributed by atoms with Crippen LogP contribution in [0.25, 0.3) is 11.0 Å². The van der Waals surface area contributed by atoms with Gasteiger partial charge in [0, 0.05) is 5.02 Å². The molecule has 98 valence electrons. The lowest BCUT2D eigenvalue weighted by molar-refractivity contribution is 0.823. The molecule has 0 radical (unpaired) electrons. The number of halogens is 2. The number of aromatic nitrogens is 2. The van der Waals surface area contributed by atoms with Crippen molar-refractivity contribution in [3.63, 3.8) is 0 Å². The van der Waals surface area contributed by atoms with Crippen molar-refractivity contribution in [3.8, 4) is 6.07 Å². The molecule has 1 heterocycles. The summed E-state index contributed by atoms with van der Waals surface area (Å²) in [6.45, 7) is 0.486. The molecule has 0 spiro atoms. The summed E-state index contributed by atoms with van der Waals surface area (Å²) in [7, 11) is 0. The standard InChI is InChI=1S/C15H9Cl2N3/c16-12-5-6-13-14(7-12)20(15(17)19-13)9-11-4-2-1-3-10(11)8-18/h1-7H,9H2. The summed E-state index contributed by atoms with van der Waals surface area (Å²) in [5.74, 6) is 0. The van der Waals surface area contributed by atoms with Gasteiger partial charge >= 0.3 is 0 Å². The van der Waals surface area contributed by atoms with E-state index in [1.54, 1.807) is 12.1 Å². The maximum Gasteiger partial charge on any atom is 0.204 e. The molecule has 0 aliphatic carbocycles. The zero-order valence-electron chi connectivity index (χ0n) is 10.3. The van der Waals surface area contributed by atoms with Gasteiger partial charge in [-0.2, -0.15) is 5.26 Å². The summed E-state index contributed by atoms with van der Waals surface area (Å²) in [5, 5.41) is 10.2. The highest BCUT2D eigenvalue weighted by Gasteiger charge is 2.11. The quantitative estimate of drug-likeness (QED) is 0.709. The second-order valence-electron chi connectivity index (χ2n) is 4.37. The zero-order valence-corrected chi connectivity index (χ0v) is 11.9. The molecule has 0 bridgehead atoms. The summed E-state index contributed by atoms with van der Waals surface area (Å²) in [5.41, 5.74) is 3.17. The Kier molecular flexibility index (Phi) is 3.35. The molecule has 0 N–H and O–H groups in total. The van der Waals surface area contributed by atoms with Gasteiger partial charge in [-0.05, 0) is 41.4 Å². The van der Waals surface area contributed by atoms with E-state index in [9.17, 15) is 0 Å². The first-order valence-corrected chi connectivity index (χ1v) is 6.74. The van der Waals surface area contributed by atoms with Crippen LogP contribution in [0.4, 0.5) is 0 Å². The summed E-state index contributed by atoms with van der Waals surface area (Å²) < 4.78 is 1.85. The number of fused-ring (bicyclic) bond motifs is 1. The van der Waals surface area contributed by atoms with Gasteiger partial charge in [-0.25, -0.2) is 4.98 Å². The Morgan fingerprint density at radius 2 is 1.95 bits per heavy atom. The Morgan fingerprint density at radius 1 is 1.15 bits per heavy atom. The minimum Gasteiger partial charge on any atom is -0.310 e. The van der Waals surface area contributed by atoms with Gasteiger partial charge in [0.15, 0.2) is 0 Å². The number of nitriles is 1. The van der Waals surface area contributed by atoms with E-state index in [-0.39, 0.29) is 0 Å². The van der Waals surface area contributed by atoms with Crippen molar-refractivity contribution in [2.75, 3.05) is 0 Å². The molecular weight excluding hydrogens is 293 g/mol. The van der Waals surface area contributed by atoms with Crippen LogP contribution in [0.1, 0.15) is 11.1 Å². The summed E-state index contributed by atoms with van der Waals surface area (Å²) in [6, 6.07) is 15.1. The minimum absolute atomic E-state index is 0.384. The molecule has 0 aliphatic rings. The van der Waals surface area contributed by atoms with Crippen molar-refractivity contribution in [1.82, 2.24) is 9.55 Å². The minimum atomic E-state index is 0.384. The second kappa shape index (κ2) is 5.16. The molecule has 3 nitrogen and oxygen atoms in total. The van der Waals surface area contributed by atoms with Crippen molar-refractivity contribution in [1.29, 1.82) is 5.26 Å². The molecule has 0 amide bonds. The molecule has 3 rings (SSSR count). The number of hydrogen-bond donors (Lipinski definition) is 0. The Labute approximate surface area is 126 Å². The zero-order chi connectivity index (χ0) is 14.1. The monoisotopic (exact) mass is 301 g/mol. The smallest absolute Gasteiger partial charge is 0.204 e. The van der Waals surface area contributed by atoms with Crippen LogP contribution in [-0.2, 0) is 6.54 Å².